The van der Waals surface area contributed by atoms with Gasteiger partial charge in [-0.2, -0.15) is 5.10 Å². The van der Waals surface area contributed by atoms with Crippen molar-refractivity contribution in [2.75, 3.05) is 6.54 Å². The summed E-state index contributed by atoms with van der Waals surface area (Å²) in [4.78, 5) is 0. The van der Waals surface area contributed by atoms with Gasteiger partial charge in [0.2, 0.25) is 0 Å². The van der Waals surface area contributed by atoms with Gasteiger partial charge < -0.3 is 5.73 Å². The molecule has 0 fully saturated rings. The minimum atomic E-state index is -1.07. The van der Waals surface area contributed by atoms with Crippen LogP contribution in [0.1, 0.15) is 32.6 Å². The van der Waals surface area contributed by atoms with Crippen molar-refractivity contribution < 1.29 is 4.39 Å². The molecule has 1 heterocycles. The van der Waals surface area contributed by atoms with Gasteiger partial charge in [0, 0.05) is 12.5 Å². The van der Waals surface area contributed by atoms with E-state index in [4.69, 9.17) is 5.73 Å². The SMILES string of the molecule is CCn1ncc(Br)c1C(F)C(CN)C(C)C. The highest BCUT2D eigenvalue weighted by atomic mass is 79.9. The number of aryl methyl sites for hydroxylation is 1. The summed E-state index contributed by atoms with van der Waals surface area (Å²) in [6, 6.07) is 0. The fourth-order valence-corrected chi connectivity index (χ4v) is 2.35. The number of aromatic nitrogens is 2. The molecule has 0 radical (unpaired) electrons. The van der Waals surface area contributed by atoms with E-state index in [-0.39, 0.29) is 11.8 Å². The fourth-order valence-electron chi connectivity index (χ4n) is 1.83. The normalized spacial score (nSPS) is 15.4. The van der Waals surface area contributed by atoms with Crippen molar-refractivity contribution in [3.8, 4) is 0 Å². The zero-order chi connectivity index (χ0) is 12.3. The van der Waals surface area contributed by atoms with E-state index in [1.807, 2.05) is 20.8 Å². The molecule has 0 spiro atoms. The average Bonchev–Trinajstić information content (AvgIpc) is 2.59. The largest absolute Gasteiger partial charge is 0.330 e. The summed E-state index contributed by atoms with van der Waals surface area (Å²) in [5.41, 5.74) is 6.24. The van der Waals surface area contributed by atoms with E-state index in [0.717, 1.165) is 4.47 Å². The van der Waals surface area contributed by atoms with E-state index < -0.39 is 6.17 Å². The van der Waals surface area contributed by atoms with Crippen LogP contribution in [0, 0.1) is 11.8 Å². The van der Waals surface area contributed by atoms with E-state index in [0.29, 0.717) is 18.8 Å². The van der Waals surface area contributed by atoms with Crippen LogP contribution in [0.3, 0.4) is 0 Å². The van der Waals surface area contributed by atoms with Gasteiger partial charge in [-0.3, -0.25) is 4.68 Å². The summed E-state index contributed by atoms with van der Waals surface area (Å²) >= 11 is 3.34. The summed E-state index contributed by atoms with van der Waals surface area (Å²) in [6.45, 7) is 6.94. The monoisotopic (exact) mass is 291 g/mol. The molecule has 1 rings (SSSR count). The fraction of sp³-hybridized carbons (Fsp3) is 0.727. The summed E-state index contributed by atoms with van der Waals surface area (Å²) < 4.78 is 16.8. The molecule has 0 aromatic carbocycles. The number of halogens is 2. The lowest BCUT2D eigenvalue weighted by atomic mass is 9.89. The third kappa shape index (κ3) is 2.63. The van der Waals surface area contributed by atoms with Gasteiger partial charge in [0.05, 0.1) is 16.4 Å². The summed E-state index contributed by atoms with van der Waals surface area (Å²) in [5.74, 6) is 0.0467. The molecule has 5 heteroatoms. The molecule has 2 atom stereocenters. The Balaban J connectivity index is 3.02. The van der Waals surface area contributed by atoms with Crippen molar-refractivity contribution in [2.45, 2.75) is 33.5 Å². The van der Waals surface area contributed by atoms with Gasteiger partial charge in [-0.25, -0.2) is 4.39 Å². The third-order valence-corrected chi connectivity index (χ3v) is 3.51. The van der Waals surface area contributed by atoms with Gasteiger partial charge >= 0.3 is 0 Å². The molecular weight excluding hydrogens is 273 g/mol. The van der Waals surface area contributed by atoms with Gasteiger partial charge in [0.1, 0.15) is 6.17 Å². The van der Waals surface area contributed by atoms with Gasteiger partial charge in [-0.05, 0) is 35.3 Å². The number of nitrogens with zero attached hydrogens (tertiary/aromatic N) is 2. The zero-order valence-electron chi connectivity index (χ0n) is 9.95. The minimum absolute atomic E-state index is 0.168. The molecule has 3 nitrogen and oxygen atoms in total. The van der Waals surface area contributed by atoms with Crippen molar-refractivity contribution in [2.24, 2.45) is 17.6 Å². The summed E-state index contributed by atoms with van der Waals surface area (Å²) in [6.07, 6.45) is 0.570. The average molecular weight is 292 g/mol. The molecule has 0 saturated carbocycles. The lowest BCUT2D eigenvalue weighted by molar-refractivity contribution is 0.177. The summed E-state index contributed by atoms with van der Waals surface area (Å²) in [5, 5.41) is 4.12. The molecule has 0 amide bonds. The molecule has 92 valence electrons. The lowest BCUT2D eigenvalue weighted by Gasteiger charge is -2.23. The van der Waals surface area contributed by atoms with E-state index in [1.54, 1.807) is 10.9 Å². The number of alkyl halides is 1. The molecule has 0 aliphatic rings. The zero-order valence-corrected chi connectivity index (χ0v) is 11.5. The highest BCUT2D eigenvalue weighted by Crippen LogP contribution is 2.34. The number of hydrogen-bond donors (Lipinski definition) is 1. The van der Waals surface area contributed by atoms with Crippen molar-refractivity contribution in [3.63, 3.8) is 0 Å². The van der Waals surface area contributed by atoms with Gasteiger partial charge in [-0.1, -0.05) is 13.8 Å². The van der Waals surface area contributed by atoms with Crippen LogP contribution in [0.5, 0.6) is 0 Å². The number of hydrogen-bond acceptors (Lipinski definition) is 2. The summed E-state index contributed by atoms with van der Waals surface area (Å²) in [7, 11) is 0. The minimum Gasteiger partial charge on any atom is -0.330 e. The van der Waals surface area contributed by atoms with E-state index >= 15 is 0 Å². The molecule has 2 unspecified atom stereocenters. The van der Waals surface area contributed by atoms with Gasteiger partial charge in [0.15, 0.2) is 0 Å². The first-order chi connectivity index (χ1) is 7.52. The maximum absolute atomic E-state index is 14.4. The van der Waals surface area contributed by atoms with Crippen LogP contribution in [-0.2, 0) is 6.54 Å². The van der Waals surface area contributed by atoms with E-state index in [2.05, 4.69) is 21.0 Å². The quantitative estimate of drug-likeness (QED) is 0.907. The first-order valence-electron chi connectivity index (χ1n) is 5.58. The Bertz CT molecular complexity index is 338. The first kappa shape index (κ1) is 13.6. The topological polar surface area (TPSA) is 43.8 Å². The molecular formula is C11H19BrFN3. The maximum Gasteiger partial charge on any atom is 0.147 e. The van der Waals surface area contributed by atoms with Crippen LogP contribution in [-0.4, -0.2) is 16.3 Å². The predicted octanol–water partition coefficient (Wildman–Crippen LogP) is 2.91. The molecule has 1 aromatic heterocycles. The van der Waals surface area contributed by atoms with Crippen molar-refractivity contribution in [3.05, 3.63) is 16.4 Å². The molecule has 0 saturated heterocycles. The first-order valence-corrected chi connectivity index (χ1v) is 6.37. The molecule has 2 N–H and O–H groups in total. The highest BCUT2D eigenvalue weighted by molar-refractivity contribution is 9.10. The van der Waals surface area contributed by atoms with Gasteiger partial charge in [0.25, 0.3) is 0 Å². The van der Waals surface area contributed by atoms with Crippen molar-refractivity contribution >= 4 is 15.9 Å². The molecule has 0 bridgehead atoms. The Morgan fingerprint density at radius 1 is 1.56 bits per heavy atom. The second kappa shape index (κ2) is 5.77. The van der Waals surface area contributed by atoms with Crippen LogP contribution in [0.15, 0.2) is 10.7 Å². The molecule has 1 aromatic rings. The highest BCUT2D eigenvalue weighted by Gasteiger charge is 2.29. The Hall–Kier alpha value is -0.420. The Labute approximate surface area is 104 Å². The molecule has 16 heavy (non-hydrogen) atoms. The van der Waals surface area contributed by atoms with Crippen molar-refractivity contribution in [1.29, 1.82) is 0 Å². The Kier molecular flexibility index (Phi) is 4.92. The Morgan fingerprint density at radius 2 is 2.19 bits per heavy atom. The number of rotatable bonds is 5. The van der Waals surface area contributed by atoms with Crippen LogP contribution >= 0.6 is 15.9 Å². The van der Waals surface area contributed by atoms with E-state index in [9.17, 15) is 4.39 Å². The predicted molar refractivity (Wildman–Crippen MR) is 66.8 cm³/mol. The second-order valence-corrected chi connectivity index (χ2v) is 5.09. The number of nitrogens with two attached hydrogens (primary N) is 1. The van der Waals surface area contributed by atoms with E-state index in [1.165, 1.54) is 0 Å². The van der Waals surface area contributed by atoms with Crippen molar-refractivity contribution in [1.82, 2.24) is 9.78 Å². The van der Waals surface area contributed by atoms with Crippen LogP contribution in [0.25, 0.3) is 0 Å². The standard InChI is InChI=1S/C11H19BrFN3/c1-4-16-11(9(12)6-15-16)10(13)8(5-14)7(2)3/h6-8,10H,4-5,14H2,1-3H3. The second-order valence-electron chi connectivity index (χ2n) is 4.24. The third-order valence-electron chi connectivity index (χ3n) is 2.90. The maximum atomic E-state index is 14.4. The van der Waals surface area contributed by atoms with Gasteiger partial charge in [-0.15, -0.1) is 0 Å². The van der Waals surface area contributed by atoms with Crippen LogP contribution < -0.4 is 5.73 Å². The lowest BCUT2D eigenvalue weighted by Crippen LogP contribution is -2.26. The van der Waals surface area contributed by atoms with Crippen LogP contribution in [0.4, 0.5) is 4.39 Å². The van der Waals surface area contributed by atoms with Crippen LogP contribution in [0.2, 0.25) is 0 Å². The molecule has 0 aliphatic heterocycles. The Morgan fingerprint density at radius 3 is 2.62 bits per heavy atom. The molecule has 0 aliphatic carbocycles. The smallest absolute Gasteiger partial charge is 0.147 e.